The van der Waals surface area contributed by atoms with Crippen LogP contribution >= 0.6 is 11.8 Å². The van der Waals surface area contributed by atoms with Gasteiger partial charge in [-0.05, 0) is 30.7 Å². The fourth-order valence-electron chi connectivity index (χ4n) is 2.51. The third-order valence-electron chi connectivity index (χ3n) is 3.62. The SMILES string of the molecule is N#Cc1cc2ccccc2nc1NCC1CCCCS1. The van der Waals surface area contributed by atoms with Gasteiger partial charge in [0.2, 0.25) is 0 Å². The normalized spacial score (nSPS) is 18.6. The van der Waals surface area contributed by atoms with Gasteiger partial charge >= 0.3 is 0 Å². The molecule has 4 heteroatoms. The van der Waals surface area contributed by atoms with Crippen molar-refractivity contribution in [3.8, 4) is 6.07 Å². The number of nitriles is 1. The topological polar surface area (TPSA) is 48.7 Å². The molecule has 0 bridgehead atoms. The van der Waals surface area contributed by atoms with E-state index >= 15 is 0 Å². The number of pyridine rings is 1. The molecule has 1 aromatic carbocycles. The molecule has 1 fully saturated rings. The van der Waals surface area contributed by atoms with Gasteiger partial charge in [0.1, 0.15) is 11.9 Å². The van der Waals surface area contributed by atoms with Crippen molar-refractivity contribution >= 4 is 28.5 Å². The fourth-order valence-corrected chi connectivity index (χ4v) is 3.75. The Kier molecular flexibility index (Phi) is 4.08. The summed E-state index contributed by atoms with van der Waals surface area (Å²) >= 11 is 2.03. The maximum atomic E-state index is 9.28. The van der Waals surface area contributed by atoms with Crippen LogP contribution in [0, 0.1) is 11.3 Å². The number of para-hydroxylation sites is 1. The van der Waals surface area contributed by atoms with Gasteiger partial charge in [-0.1, -0.05) is 24.6 Å². The Balaban J connectivity index is 1.80. The lowest BCUT2D eigenvalue weighted by Crippen LogP contribution is -2.20. The lowest BCUT2D eigenvalue weighted by atomic mass is 10.1. The number of nitrogens with one attached hydrogen (secondary N) is 1. The molecule has 0 aliphatic carbocycles. The smallest absolute Gasteiger partial charge is 0.144 e. The monoisotopic (exact) mass is 283 g/mol. The largest absolute Gasteiger partial charge is 0.368 e. The number of anilines is 1. The van der Waals surface area contributed by atoms with Crippen LogP contribution in [0.2, 0.25) is 0 Å². The Morgan fingerprint density at radius 3 is 3.05 bits per heavy atom. The average Bonchev–Trinajstić information content (AvgIpc) is 2.53. The van der Waals surface area contributed by atoms with Crippen LogP contribution in [0.15, 0.2) is 30.3 Å². The molecular formula is C16H17N3S. The Morgan fingerprint density at radius 2 is 2.25 bits per heavy atom. The molecule has 3 nitrogen and oxygen atoms in total. The van der Waals surface area contributed by atoms with Crippen molar-refractivity contribution in [2.24, 2.45) is 0 Å². The highest BCUT2D eigenvalue weighted by molar-refractivity contribution is 7.99. The minimum Gasteiger partial charge on any atom is -0.368 e. The first-order chi connectivity index (χ1) is 9.86. The third kappa shape index (κ3) is 2.88. The van der Waals surface area contributed by atoms with Gasteiger partial charge in [0.25, 0.3) is 0 Å². The zero-order chi connectivity index (χ0) is 13.8. The second-order valence-electron chi connectivity index (χ2n) is 5.06. The standard InChI is InChI=1S/C16H17N3S/c17-10-13-9-12-5-1-2-7-15(12)19-16(13)18-11-14-6-3-4-8-20-14/h1-2,5,7,9,14H,3-4,6,8,11H2,(H,18,19). The summed E-state index contributed by atoms with van der Waals surface area (Å²) < 4.78 is 0. The van der Waals surface area contributed by atoms with E-state index in [1.165, 1.54) is 25.0 Å². The molecule has 0 radical (unpaired) electrons. The van der Waals surface area contributed by atoms with E-state index in [1.807, 2.05) is 42.1 Å². The van der Waals surface area contributed by atoms with Crippen LogP contribution in [0.4, 0.5) is 5.82 Å². The summed E-state index contributed by atoms with van der Waals surface area (Å²) in [5.41, 5.74) is 1.56. The number of hydrogen-bond donors (Lipinski definition) is 1. The lowest BCUT2D eigenvalue weighted by Gasteiger charge is -2.22. The van der Waals surface area contributed by atoms with E-state index in [2.05, 4.69) is 16.4 Å². The quantitative estimate of drug-likeness (QED) is 0.930. The number of benzene rings is 1. The number of hydrogen-bond acceptors (Lipinski definition) is 4. The molecule has 1 aromatic heterocycles. The predicted molar refractivity (Wildman–Crippen MR) is 85.0 cm³/mol. The van der Waals surface area contributed by atoms with E-state index < -0.39 is 0 Å². The van der Waals surface area contributed by atoms with Crippen LogP contribution in [-0.2, 0) is 0 Å². The molecule has 3 rings (SSSR count). The second-order valence-corrected chi connectivity index (χ2v) is 6.47. The molecule has 1 saturated heterocycles. The Bertz CT molecular complexity index is 642. The summed E-state index contributed by atoms with van der Waals surface area (Å²) in [6.07, 6.45) is 3.90. The summed E-state index contributed by atoms with van der Waals surface area (Å²) in [5.74, 6) is 1.97. The van der Waals surface area contributed by atoms with Crippen LogP contribution in [-0.4, -0.2) is 22.5 Å². The van der Waals surface area contributed by atoms with Gasteiger partial charge in [-0.25, -0.2) is 4.98 Å². The highest BCUT2D eigenvalue weighted by Crippen LogP contribution is 2.26. The maximum absolute atomic E-state index is 9.28. The van der Waals surface area contributed by atoms with Crippen LogP contribution in [0.1, 0.15) is 24.8 Å². The molecule has 1 aliphatic rings. The van der Waals surface area contributed by atoms with Gasteiger partial charge in [0, 0.05) is 17.2 Å². The van der Waals surface area contributed by atoms with Crippen molar-refractivity contribution < 1.29 is 0 Å². The zero-order valence-corrected chi connectivity index (χ0v) is 12.1. The van der Waals surface area contributed by atoms with Gasteiger partial charge < -0.3 is 5.32 Å². The van der Waals surface area contributed by atoms with Gasteiger partial charge in [-0.15, -0.1) is 0 Å². The molecule has 1 atom stereocenters. The first-order valence-corrected chi connectivity index (χ1v) is 8.07. The van der Waals surface area contributed by atoms with E-state index in [4.69, 9.17) is 0 Å². The first kappa shape index (κ1) is 13.3. The van der Waals surface area contributed by atoms with Crippen LogP contribution in [0.3, 0.4) is 0 Å². The van der Waals surface area contributed by atoms with E-state index in [0.717, 1.165) is 23.3 Å². The highest BCUT2D eigenvalue weighted by Gasteiger charge is 2.14. The predicted octanol–water partition coefficient (Wildman–Crippen LogP) is 3.80. The molecule has 102 valence electrons. The average molecular weight is 283 g/mol. The molecule has 2 aromatic rings. The number of rotatable bonds is 3. The van der Waals surface area contributed by atoms with Crippen LogP contribution in [0.5, 0.6) is 0 Å². The summed E-state index contributed by atoms with van der Waals surface area (Å²) in [6, 6.07) is 12.1. The van der Waals surface area contributed by atoms with Crippen molar-refractivity contribution in [3.63, 3.8) is 0 Å². The van der Waals surface area contributed by atoms with E-state index in [0.29, 0.717) is 10.8 Å². The highest BCUT2D eigenvalue weighted by atomic mass is 32.2. The van der Waals surface area contributed by atoms with E-state index in [1.54, 1.807) is 0 Å². The van der Waals surface area contributed by atoms with E-state index in [9.17, 15) is 5.26 Å². The molecule has 0 amide bonds. The van der Waals surface area contributed by atoms with Crippen molar-refractivity contribution in [3.05, 3.63) is 35.9 Å². The minimum absolute atomic E-state index is 0.629. The van der Waals surface area contributed by atoms with Crippen molar-refractivity contribution in [2.45, 2.75) is 24.5 Å². The lowest BCUT2D eigenvalue weighted by molar-refractivity contribution is 0.677. The summed E-state index contributed by atoms with van der Waals surface area (Å²) in [6.45, 7) is 0.894. The number of fused-ring (bicyclic) bond motifs is 1. The van der Waals surface area contributed by atoms with Crippen molar-refractivity contribution in [1.82, 2.24) is 4.98 Å². The minimum atomic E-state index is 0.629. The zero-order valence-electron chi connectivity index (χ0n) is 11.3. The number of thioether (sulfide) groups is 1. The molecule has 1 N–H and O–H groups in total. The van der Waals surface area contributed by atoms with Crippen molar-refractivity contribution in [1.29, 1.82) is 5.26 Å². The second kappa shape index (κ2) is 6.15. The van der Waals surface area contributed by atoms with Gasteiger partial charge in [0.15, 0.2) is 0 Å². The Hall–Kier alpha value is -1.73. The molecule has 0 saturated carbocycles. The van der Waals surface area contributed by atoms with Gasteiger partial charge in [0.05, 0.1) is 11.1 Å². The summed E-state index contributed by atoms with van der Waals surface area (Å²) in [5, 5.41) is 14.3. The molecular weight excluding hydrogens is 266 g/mol. The molecule has 1 unspecified atom stereocenters. The molecule has 2 heterocycles. The maximum Gasteiger partial charge on any atom is 0.144 e. The van der Waals surface area contributed by atoms with Gasteiger partial charge in [-0.3, -0.25) is 0 Å². The fraction of sp³-hybridized carbons (Fsp3) is 0.375. The van der Waals surface area contributed by atoms with Crippen molar-refractivity contribution in [2.75, 3.05) is 17.6 Å². The Morgan fingerprint density at radius 1 is 1.35 bits per heavy atom. The third-order valence-corrected chi connectivity index (χ3v) is 5.01. The van der Waals surface area contributed by atoms with E-state index in [-0.39, 0.29) is 0 Å². The first-order valence-electron chi connectivity index (χ1n) is 7.02. The summed E-state index contributed by atoms with van der Waals surface area (Å²) in [7, 11) is 0. The van der Waals surface area contributed by atoms with Crippen LogP contribution < -0.4 is 5.32 Å². The number of nitrogens with zero attached hydrogens (tertiary/aromatic N) is 2. The van der Waals surface area contributed by atoms with Gasteiger partial charge in [-0.2, -0.15) is 17.0 Å². The summed E-state index contributed by atoms with van der Waals surface area (Å²) in [4.78, 5) is 4.59. The molecule has 0 spiro atoms. The molecule has 1 aliphatic heterocycles. The van der Waals surface area contributed by atoms with Crippen LogP contribution in [0.25, 0.3) is 10.9 Å². The Labute approximate surface area is 123 Å². The molecule has 20 heavy (non-hydrogen) atoms. The number of aromatic nitrogens is 1.